The molecule has 0 amide bonds. The quantitative estimate of drug-likeness (QED) is 0.741. The predicted octanol–water partition coefficient (Wildman–Crippen LogP) is 1.02. The van der Waals surface area contributed by atoms with Crippen LogP contribution in [0.4, 0.5) is 0 Å². The summed E-state index contributed by atoms with van der Waals surface area (Å²) >= 11 is 0. The number of carbonyl (C=O) groups excluding carboxylic acids is 1. The van der Waals surface area contributed by atoms with Gasteiger partial charge >= 0.3 is 5.97 Å². The van der Waals surface area contributed by atoms with E-state index in [1.54, 1.807) is 4.68 Å². The first kappa shape index (κ1) is 12.1. The molecule has 1 aliphatic rings. The Hall–Kier alpha value is -1.36. The molecule has 0 atom stereocenters. The molecule has 0 fully saturated rings. The molecule has 0 bridgehead atoms. The highest BCUT2D eigenvalue weighted by molar-refractivity contribution is 5.89. The number of fused-ring (bicyclic) bond motifs is 1. The molecule has 1 N–H and O–H groups in total. The predicted molar refractivity (Wildman–Crippen MR) is 63.8 cm³/mol. The Bertz CT molecular complexity index is 443. The number of hydrogen-bond acceptors (Lipinski definition) is 4. The van der Waals surface area contributed by atoms with Crippen molar-refractivity contribution in [2.75, 3.05) is 6.54 Å². The number of esters is 1. The standard InChI is InChI=1S/C12H19N3O2/c1-12(2,3)17-11(16)10-8-5-6-13-7-9(8)15(4)14-10/h13H,5-7H2,1-4H3. The van der Waals surface area contributed by atoms with E-state index in [0.717, 1.165) is 30.8 Å². The van der Waals surface area contributed by atoms with Crippen LogP contribution >= 0.6 is 0 Å². The Morgan fingerprint density at radius 3 is 2.82 bits per heavy atom. The highest BCUT2D eigenvalue weighted by atomic mass is 16.6. The number of nitrogens with one attached hydrogen (secondary N) is 1. The van der Waals surface area contributed by atoms with Gasteiger partial charge in [-0.1, -0.05) is 0 Å². The molecule has 2 heterocycles. The van der Waals surface area contributed by atoms with Gasteiger partial charge in [-0.25, -0.2) is 4.79 Å². The maximum absolute atomic E-state index is 12.0. The summed E-state index contributed by atoms with van der Waals surface area (Å²) in [6.07, 6.45) is 0.831. The van der Waals surface area contributed by atoms with Gasteiger partial charge in [0.25, 0.3) is 0 Å². The molecule has 0 aliphatic carbocycles. The smallest absolute Gasteiger partial charge is 0.359 e. The molecule has 0 radical (unpaired) electrons. The number of nitrogens with zero attached hydrogens (tertiary/aromatic N) is 2. The van der Waals surface area contributed by atoms with Crippen molar-refractivity contribution in [1.82, 2.24) is 15.1 Å². The third kappa shape index (κ3) is 2.49. The Balaban J connectivity index is 2.30. The number of hydrogen-bond donors (Lipinski definition) is 1. The van der Waals surface area contributed by atoms with E-state index in [4.69, 9.17) is 4.74 Å². The normalized spacial score (nSPS) is 15.5. The van der Waals surface area contributed by atoms with Crippen LogP contribution < -0.4 is 5.32 Å². The van der Waals surface area contributed by atoms with E-state index in [1.165, 1.54) is 0 Å². The van der Waals surface area contributed by atoms with Crippen LogP contribution in [0.2, 0.25) is 0 Å². The monoisotopic (exact) mass is 237 g/mol. The van der Waals surface area contributed by atoms with Gasteiger partial charge in [-0.15, -0.1) is 0 Å². The number of aromatic nitrogens is 2. The van der Waals surface area contributed by atoms with Crippen molar-refractivity contribution in [2.24, 2.45) is 7.05 Å². The highest BCUT2D eigenvalue weighted by Crippen LogP contribution is 2.20. The fourth-order valence-electron chi connectivity index (χ4n) is 2.00. The molecule has 94 valence electrons. The molecule has 0 aromatic carbocycles. The van der Waals surface area contributed by atoms with Gasteiger partial charge in [0.2, 0.25) is 0 Å². The van der Waals surface area contributed by atoms with Crippen molar-refractivity contribution in [2.45, 2.75) is 39.3 Å². The number of rotatable bonds is 1. The van der Waals surface area contributed by atoms with Gasteiger partial charge < -0.3 is 10.1 Å². The van der Waals surface area contributed by atoms with Crippen molar-refractivity contribution < 1.29 is 9.53 Å². The maximum atomic E-state index is 12.0. The third-order valence-corrected chi connectivity index (χ3v) is 2.71. The maximum Gasteiger partial charge on any atom is 0.359 e. The molecule has 0 unspecified atom stereocenters. The van der Waals surface area contributed by atoms with Crippen LogP contribution in [0.25, 0.3) is 0 Å². The van der Waals surface area contributed by atoms with Crippen LogP contribution in [-0.4, -0.2) is 27.9 Å². The van der Waals surface area contributed by atoms with E-state index in [0.29, 0.717) is 5.69 Å². The molecule has 5 nitrogen and oxygen atoms in total. The largest absolute Gasteiger partial charge is 0.455 e. The zero-order valence-corrected chi connectivity index (χ0v) is 10.8. The van der Waals surface area contributed by atoms with Crippen LogP contribution in [0.3, 0.4) is 0 Å². The first-order chi connectivity index (χ1) is 7.88. The van der Waals surface area contributed by atoms with Crippen LogP contribution in [0.1, 0.15) is 42.5 Å². The fraction of sp³-hybridized carbons (Fsp3) is 0.667. The third-order valence-electron chi connectivity index (χ3n) is 2.71. The molecule has 1 aromatic heterocycles. The lowest BCUT2D eigenvalue weighted by molar-refractivity contribution is 0.00609. The van der Waals surface area contributed by atoms with Crippen molar-refractivity contribution in [3.63, 3.8) is 0 Å². The minimum atomic E-state index is -0.478. The lowest BCUT2D eigenvalue weighted by Gasteiger charge is -2.19. The van der Waals surface area contributed by atoms with E-state index in [-0.39, 0.29) is 5.97 Å². The summed E-state index contributed by atoms with van der Waals surface area (Å²) in [5.41, 5.74) is 2.10. The molecular weight excluding hydrogens is 218 g/mol. The van der Waals surface area contributed by atoms with Crippen molar-refractivity contribution >= 4 is 5.97 Å². The number of ether oxygens (including phenoxy) is 1. The van der Waals surface area contributed by atoms with E-state index in [2.05, 4.69) is 10.4 Å². The summed E-state index contributed by atoms with van der Waals surface area (Å²) in [4.78, 5) is 12.0. The summed E-state index contributed by atoms with van der Waals surface area (Å²) in [6, 6.07) is 0. The minimum absolute atomic E-state index is 0.323. The second-order valence-corrected chi connectivity index (χ2v) is 5.33. The van der Waals surface area contributed by atoms with E-state index < -0.39 is 5.60 Å². The average Bonchev–Trinajstić information content (AvgIpc) is 2.55. The summed E-state index contributed by atoms with van der Waals surface area (Å²) in [5.74, 6) is -0.323. The van der Waals surface area contributed by atoms with Gasteiger partial charge in [-0.3, -0.25) is 4.68 Å². The Labute approximate surface area is 101 Å². The first-order valence-corrected chi connectivity index (χ1v) is 5.87. The van der Waals surface area contributed by atoms with Crippen molar-refractivity contribution in [1.29, 1.82) is 0 Å². The summed E-state index contributed by atoms with van der Waals surface area (Å²) in [7, 11) is 1.86. The van der Waals surface area contributed by atoms with Crippen LogP contribution in [0.15, 0.2) is 0 Å². The minimum Gasteiger partial charge on any atom is -0.455 e. The van der Waals surface area contributed by atoms with Crippen LogP contribution in [0, 0.1) is 0 Å². The molecule has 1 aliphatic heterocycles. The van der Waals surface area contributed by atoms with E-state index in [9.17, 15) is 4.79 Å². The van der Waals surface area contributed by atoms with E-state index in [1.807, 2.05) is 27.8 Å². The second kappa shape index (κ2) is 4.14. The molecule has 0 saturated carbocycles. The van der Waals surface area contributed by atoms with Gasteiger partial charge in [-0.05, 0) is 33.7 Å². The van der Waals surface area contributed by atoms with E-state index >= 15 is 0 Å². The van der Waals surface area contributed by atoms with Gasteiger partial charge in [0.1, 0.15) is 5.60 Å². The molecule has 0 spiro atoms. The van der Waals surface area contributed by atoms with Crippen molar-refractivity contribution in [3.8, 4) is 0 Å². The lowest BCUT2D eigenvalue weighted by atomic mass is 10.1. The topological polar surface area (TPSA) is 56.2 Å². The number of aryl methyl sites for hydroxylation is 1. The van der Waals surface area contributed by atoms with Crippen molar-refractivity contribution in [3.05, 3.63) is 17.0 Å². The first-order valence-electron chi connectivity index (χ1n) is 5.87. The summed E-state index contributed by atoms with van der Waals surface area (Å²) in [5, 5.41) is 7.55. The average molecular weight is 237 g/mol. The zero-order valence-electron chi connectivity index (χ0n) is 10.8. The Kier molecular flexibility index (Phi) is 2.95. The van der Waals surface area contributed by atoms with Gasteiger partial charge in [0.15, 0.2) is 5.69 Å². The summed E-state index contributed by atoms with van der Waals surface area (Å²) in [6.45, 7) is 7.24. The SMILES string of the molecule is Cn1nc(C(=O)OC(C)(C)C)c2c1CNCC2. The summed E-state index contributed by atoms with van der Waals surface area (Å²) < 4.78 is 7.13. The molecule has 0 saturated heterocycles. The Morgan fingerprint density at radius 2 is 2.18 bits per heavy atom. The fourth-order valence-corrected chi connectivity index (χ4v) is 2.00. The molecule has 1 aromatic rings. The number of carbonyl (C=O) groups is 1. The molecule has 2 rings (SSSR count). The van der Waals surface area contributed by atoms with Crippen LogP contribution in [-0.2, 0) is 24.8 Å². The highest BCUT2D eigenvalue weighted by Gasteiger charge is 2.27. The van der Waals surface area contributed by atoms with Gasteiger partial charge in [0.05, 0.1) is 5.69 Å². The Morgan fingerprint density at radius 1 is 1.47 bits per heavy atom. The van der Waals surface area contributed by atoms with Gasteiger partial charge in [0, 0.05) is 19.2 Å². The molecule has 5 heteroatoms. The van der Waals surface area contributed by atoms with Crippen LogP contribution in [0.5, 0.6) is 0 Å². The molecule has 17 heavy (non-hydrogen) atoms. The lowest BCUT2D eigenvalue weighted by Crippen LogP contribution is -2.27. The molecular formula is C12H19N3O2. The zero-order chi connectivity index (χ0) is 12.6. The second-order valence-electron chi connectivity index (χ2n) is 5.33. The van der Waals surface area contributed by atoms with Gasteiger partial charge in [-0.2, -0.15) is 5.10 Å².